The van der Waals surface area contributed by atoms with Gasteiger partial charge in [0.05, 0.1) is 0 Å². The van der Waals surface area contributed by atoms with Crippen LogP contribution in [0.25, 0.3) is 0 Å². The van der Waals surface area contributed by atoms with E-state index < -0.39 is 6.36 Å². The Hall–Kier alpha value is -1.23. The first-order chi connectivity index (χ1) is 7.92. The Morgan fingerprint density at radius 1 is 1.24 bits per heavy atom. The Morgan fingerprint density at radius 2 is 1.82 bits per heavy atom. The van der Waals surface area contributed by atoms with Crippen LogP contribution in [0.5, 0.6) is 5.75 Å². The predicted molar refractivity (Wildman–Crippen MR) is 57.4 cm³/mol. The maximum Gasteiger partial charge on any atom is 0.573 e. The number of alkyl halides is 4. The number of hydrogen-bond acceptors (Lipinski definition) is 2. The van der Waals surface area contributed by atoms with Crippen molar-refractivity contribution in [3.8, 4) is 5.75 Å². The fourth-order valence-electron chi connectivity index (χ4n) is 1.21. The van der Waals surface area contributed by atoms with Crippen LogP contribution in [0.15, 0.2) is 24.3 Å². The molecule has 0 amide bonds. The topological polar surface area (TPSA) is 26.3 Å². The molecule has 1 aromatic carbocycles. The van der Waals surface area contributed by atoms with Crippen molar-refractivity contribution in [2.75, 3.05) is 5.88 Å². The first kappa shape index (κ1) is 13.8. The summed E-state index contributed by atoms with van der Waals surface area (Å²) in [5.74, 6) is -0.114. The number of halogens is 4. The van der Waals surface area contributed by atoms with Gasteiger partial charge in [0.1, 0.15) is 5.75 Å². The van der Waals surface area contributed by atoms with Gasteiger partial charge in [-0.25, -0.2) is 0 Å². The minimum atomic E-state index is -4.72. The molecule has 0 saturated heterocycles. The Balaban J connectivity index is 2.64. The van der Waals surface area contributed by atoms with Gasteiger partial charge in [-0.1, -0.05) is 0 Å². The van der Waals surface area contributed by atoms with Crippen LogP contribution in [0.3, 0.4) is 0 Å². The van der Waals surface area contributed by atoms with Gasteiger partial charge in [-0.3, -0.25) is 4.79 Å². The zero-order valence-corrected chi connectivity index (χ0v) is 9.52. The molecule has 0 fully saturated rings. The second kappa shape index (κ2) is 5.91. The van der Waals surface area contributed by atoms with Crippen LogP contribution in [-0.4, -0.2) is 18.0 Å². The highest BCUT2D eigenvalue weighted by Gasteiger charge is 2.30. The molecule has 0 atom stereocenters. The SMILES string of the molecule is O=C(CCCCl)c1ccc(OC(F)(F)F)cc1. The zero-order valence-electron chi connectivity index (χ0n) is 8.76. The molecule has 0 aliphatic heterocycles. The van der Waals surface area contributed by atoms with Gasteiger partial charge in [0.2, 0.25) is 0 Å². The Bertz CT molecular complexity index is 373. The van der Waals surface area contributed by atoms with Gasteiger partial charge < -0.3 is 4.74 Å². The van der Waals surface area contributed by atoms with Crippen molar-refractivity contribution in [2.45, 2.75) is 19.2 Å². The van der Waals surface area contributed by atoms with E-state index in [9.17, 15) is 18.0 Å². The minimum absolute atomic E-state index is 0.149. The molecule has 6 heteroatoms. The summed E-state index contributed by atoms with van der Waals surface area (Å²) in [7, 11) is 0. The molecule has 0 saturated carbocycles. The van der Waals surface area contributed by atoms with Crippen molar-refractivity contribution in [1.29, 1.82) is 0 Å². The summed E-state index contributed by atoms with van der Waals surface area (Å²) in [6.45, 7) is 0. The molecule has 2 nitrogen and oxygen atoms in total. The molecule has 17 heavy (non-hydrogen) atoms. The van der Waals surface area contributed by atoms with Crippen LogP contribution in [0, 0.1) is 0 Å². The Labute approximate surface area is 101 Å². The smallest absolute Gasteiger partial charge is 0.406 e. The Kier molecular flexibility index (Phi) is 4.81. The van der Waals surface area contributed by atoms with E-state index in [1.54, 1.807) is 0 Å². The van der Waals surface area contributed by atoms with Crippen molar-refractivity contribution >= 4 is 17.4 Å². The van der Waals surface area contributed by atoms with Crippen molar-refractivity contribution < 1.29 is 22.7 Å². The first-order valence-corrected chi connectivity index (χ1v) is 5.41. The third kappa shape index (κ3) is 5.08. The van der Waals surface area contributed by atoms with E-state index in [-0.39, 0.29) is 18.0 Å². The van der Waals surface area contributed by atoms with Gasteiger partial charge in [0.25, 0.3) is 0 Å². The van der Waals surface area contributed by atoms with Crippen LogP contribution in [-0.2, 0) is 0 Å². The van der Waals surface area contributed by atoms with Crippen molar-refractivity contribution in [1.82, 2.24) is 0 Å². The van der Waals surface area contributed by atoms with Crippen LogP contribution in [0.4, 0.5) is 13.2 Å². The molecule has 94 valence electrons. The molecular formula is C11H10ClF3O2. The number of carbonyl (C=O) groups excluding carboxylic acids is 1. The van der Waals surface area contributed by atoms with E-state index in [4.69, 9.17) is 11.6 Å². The number of ether oxygens (including phenoxy) is 1. The van der Waals surface area contributed by atoms with Crippen LogP contribution in [0.1, 0.15) is 23.2 Å². The summed E-state index contributed by atoms with van der Waals surface area (Å²) in [4.78, 5) is 11.5. The number of benzene rings is 1. The monoisotopic (exact) mass is 266 g/mol. The molecule has 0 aliphatic carbocycles. The highest BCUT2D eigenvalue weighted by atomic mass is 35.5. The average molecular weight is 267 g/mol. The molecule has 0 bridgehead atoms. The van der Waals surface area contributed by atoms with Crippen LogP contribution >= 0.6 is 11.6 Å². The van der Waals surface area contributed by atoms with Gasteiger partial charge in [0.15, 0.2) is 5.78 Å². The molecule has 1 aromatic rings. The van der Waals surface area contributed by atoms with E-state index in [0.29, 0.717) is 17.9 Å². The van der Waals surface area contributed by atoms with E-state index in [1.165, 1.54) is 12.1 Å². The zero-order chi connectivity index (χ0) is 12.9. The fourth-order valence-corrected chi connectivity index (χ4v) is 1.35. The summed E-state index contributed by atoms with van der Waals surface area (Å²) >= 11 is 5.43. The van der Waals surface area contributed by atoms with Crippen molar-refractivity contribution in [3.05, 3.63) is 29.8 Å². The third-order valence-corrected chi connectivity index (χ3v) is 2.21. The second-order valence-corrected chi connectivity index (χ2v) is 3.67. The first-order valence-electron chi connectivity index (χ1n) is 4.87. The second-order valence-electron chi connectivity index (χ2n) is 3.29. The minimum Gasteiger partial charge on any atom is -0.406 e. The summed E-state index contributed by atoms with van der Waals surface area (Å²) in [6.07, 6.45) is -3.89. The normalized spacial score (nSPS) is 11.3. The number of ketones is 1. The summed E-state index contributed by atoms with van der Waals surface area (Å²) < 4.78 is 39.3. The van der Waals surface area contributed by atoms with E-state index in [2.05, 4.69) is 4.74 Å². The lowest BCUT2D eigenvalue weighted by atomic mass is 10.1. The molecule has 1 rings (SSSR count). The molecule has 0 aromatic heterocycles. The lowest BCUT2D eigenvalue weighted by Gasteiger charge is -2.08. The van der Waals surface area contributed by atoms with Gasteiger partial charge >= 0.3 is 6.36 Å². The standard InChI is InChI=1S/C11H10ClF3O2/c12-7-1-2-10(16)8-3-5-9(6-4-8)17-11(13,14)15/h3-6H,1-2,7H2. The summed E-state index contributed by atoms with van der Waals surface area (Å²) in [6, 6.07) is 4.83. The number of hydrogen-bond donors (Lipinski definition) is 0. The van der Waals surface area contributed by atoms with Crippen molar-refractivity contribution in [3.63, 3.8) is 0 Å². The van der Waals surface area contributed by atoms with Gasteiger partial charge in [-0.05, 0) is 30.7 Å². The molecule has 0 spiro atoms. The van der Waals surface area contributed by atoms with Gasteiger partial charge in [-0.15, -0.1) is 24.8 Å². The molecule has 0 unspecified atom stereocenters. The fraction of sp³-hybridized carbons (Fsp3) is 0.364. The van der Waals surface area contributed by atoms with E-state index in [0.717, 1.165) is 12.1 Å². The van der Waals surface area contributed by atoms with Crippen LogP contribution < -0.4 is 4.74 Å². The lowest BCUT2D eigenvalue weighted by Crippen LogP contribution is -2.17. The van der Waals surface area contributed by atoms with Gasteiger partial charge in [0, 0.05) is 17.9 Å². The quantitative estimate of drug-likeness (QED) is 0.599. The highest BCUT2D eigenvalue weighted by Crippen LogP contribution is 2.23. The number of Topliss-reactive ketones (excluding diaryl/α,β-unsaturated/α-hetero) is 1. The molecule has 0 heterocycles. The summed E-state index contributed by atoms with van der Waals surface area (Å²) in [5, 5.41) is 0. The average Bonchev–Trinajstić information content (AvgIpc) is 2.24. The Morgan fingerprint density at radius 3 is 2.29 bits per heavy atom. The molecule has 0 aliphatic rings. The highest BCUT2D eigenvalue weighted by molar-refractivity contribution is 6.18. The molecular weight excluding hydrogens is 257 g/mol. The summed E-state index contributed by atoms with van der Waals surface area (Å²) in [5.41, 5.74) is 0.352. The van der Waals surface area contributed by atoms with E-state index >= 15 is 0 Å². The van der Waals surface area contributed by atoms with Crippen LogP contribution in [0.2, 0.25) is 0 Å². The van der Waals surface area contributed by atoms with E-state index in [1.807, 2.05) is 0 Å². The predicted octanol–water partition coefficient (Wildman–Crippen LogP) is 3.79. The number of rotatable bonds is 5. The third-order valence-electron chi connectivity index (χ3n) is 1.95. The maximum atomic E-state index is 11.9. The number of carbonyl (C=O) groups is 1. The largest absolute Gasteiger partial charge is 0.573 e. The maximum absolute atomic E-state index is 11.9. The van der Waals surface area contributed by atoms with Gasteiger partial charge in [-0.2, -0.15) is 0 Å². The molecule has 0 radical (unpaired) electrons. The lowest BCUT2D eigenvalue weighted by molar-refractivity contribution is -0.274. The van der Waals surface area contributed by atoms with Crippen molar-refractivity contribution in [2.24, 2.45) is 0 Å². The molecule has 0 N–H and O–H groups in total.